The molecule has 3 atom stereocenters. The Bertz CT molecular complexity index is 459. The fraction of sp³-hybridized carbons (Fsp3) is 0.850. The number of rotatable bonds is 11. The highest BCUT2D eigenvalue weighted by Crippen LogP contribution is 2.24. The molecule has 0 aromatic rings. The van der Waals surface area contributed by atoms with Crippen LogP contribution in [0.4, 0.5) is 0 Å². The molecule has 1 aliphatic rings. The molecule has 0 aromatic carbocycles. The van der Waals surface area contributed by atoms with Crippen molar-refractivity contribution in [2.75, 3.05) is 18.5 Å². The molecule has 2 amide bonds. The van der Waals surface area contributed by atoms with E-state index in [4.69, 9.17) is 10.5 Å². The summed E-state index contributed by atoms with van der Waals surface area (Å²) in [5.74, 6) is 0.474. The second-order valence-electron chi connectivity index (χ2n) is 7.05. The number of hydrogen-bond donors (Lipinski definition) is 1. The highest BCUT2D eigenvalue weighted by atomic mass is 79.9. The molecule has 1 aliphatic heterocycles. The standard InChI is InChI=1S/C11H20N2O2.C9H17BrO2/c1-3-5-8-6-10(14)13(7-8)9(4-2)11(12)15;1-3-5-8(7-10)6-9(11)12-4-2/h8-9H,3-7H2,1-2H3,(H2,12,15);8H,3-7H2,1-2H3/t8-,9+;8-/m11/s1. The summed E-state index contributed by atoms with van der Waals surface area (Å²) in [5, 5.41) is 0.889. The van der Waals surface area contributed by atoms with Crippen LogP contribution >= 0.6 is 15.9 Å². The van der Waals surface area contributed by atoms with Gasteiger partial charge in [-0.25, -0.2) is 0 Å². The van der Waals surface area contributed by atoms with E-state index in [1.54, 1.807) is 4.90 Å². The van der Waals surface area contributed by atoms with E-state index in [2.05, 4.69) is 29.8 Å². The van der Waals surface area contributed by atoms with Crippen LogP contribution in [0.25, 0.3) is 0 Å². The number of ether oxygens (including phenoxy) is 1. The summed E-state index contributed by atoms with van der Waals surface area (Å²) in [7, 11) is 0. The number of alkyl halides is 1. The number of amides is 2. The summed E-state index contributed by atoms with van der Waals surface area (Å²) in [6.45, 7) is 9.14. The van der Waals surface area contributed by atoms with Gasteiger partial charge in [-0.1, -0.05) is 49.5 Å². The van der Waals surface area contributed by atoms with Crippen molar-refractivity contribution in [3.05, 3.63) is 0 Å². The molecule has 0 saturated carbocycles. The van der Waals surface area contributed by atoms with Crippen LogP contribution in [0.2, 0.25) is 0 Å². The Labute approximate surface area is 172 Å². The molecule has 1 rings (SSSR count). The maximum absolute atomic E-state index is 11.7. The molecule has 0 aliphatic carbocycles. The molecule has 6 nitrogen and oxygen atoms in total. The van der Waals surface area contributed by atoms with Crippen LogP contribution < -0.4 is 5.73 Å². The first-order chi connectivity index (χ1) is 12.8. The fourth-order valence-electron chi connectivity index (χ4n) is 3.38. The first-order valence-electron chi connectivity index (χ1n) is 10.1. The van der Waals surface area contributed by atoms with Gasteiger partial charge in [0.1, 0.15) is 6.04 Å². The molecular formula is C20H37BrN2O4. The summed E-state index contributed by atoms with van der Waals surface area (Å²) in [5.41, 5.74) is 5.28. The number of carbonyl (C=O) groups is 3. The minimum Gasteiger partial charge on any atom is -0.466 e. The highest BCUT2D eigenvalue weighted by molar-refractivity contribution is 9.09. The summed E-state index contributed by atoms with van der Waals surface area (Å²) in [6.07, 6.45) is 6.08. The normalized spacial score (nSPS) is 18.5. The summed E-state index contributed by atoms with van der Waals surface area (Å²) < 4.78 is 4.86. The van der Waals surface area contributed by atoms with Crippen LogP contribution in [0.1, 0.15) is 72.6 Å². The quantitative estimate of drug-likeness (QED) is 0.385. The Morgan fingerprint density at radius 3 is 2.37 bits per heavy atom. The van der Waals surface area contributed by atoms with Crippen LogP contribution in [-0.2, 0) is 19.1 Å². The van der Waals surface area contributed by atoms with Gasteiger partial charge in [-0.3, -0.25) is 14.4 Å². The van der Waals surface area contributed by atoms with E-state index in [0.29, 0.717) is 44.2 Å². The molecule has 2 N–H and O–H groups in total. The number of carbonyl (C=O) groups excluding carboxylic acids is 3. The molecule has 0 bridgehead atoms. The number of esters is 1. The van der Waals surface area contributed by atoms with Crippen molar-refractivity contribution >= 4 is 33.7 Å². The molecular weight excluding hydrogens is 412 g/mol. The van der Waals surface area contributed by atoms with E-state index < -0.39 is 6.04 Å². The van der Waals surface area contributed by atoms with Crippen molar-refractivity contribution in [3.8, 4) is 0 Å². The van der Waals surface area contributed by atoms with Crippen LogP contribution in [0.5, 0.6) is 0 Å². The maximum atomic E-state index is 11.7. The van der Waals surface area contributed by atoms with E-state index in [9.17, 15) is 14.4 Å². The molecule has 158 valence electrons. The Kier molecular flexibility index (Phi) is 14.3. The Morgan fingerprint density at radius 2 is 1.93 bits per heavy atom. The lowest BCUT2D eigenvalue weighted by Crippen LogP contribution is -2.45. The van der Waals surface area contributed by atoms with Gasteiger partial charge in [-0.15, -0.1) is 0 Å². The van der Waals surface area contributed by atoms with E-state index in [1.807, 2.05) is 13.8 Å². The molecule has 0 aromatic heterocycles. The molecule has 7 heteroatoms. The second kappa shape index (κ2) is 14.9. The largest absolute Gasteiger partial charge is 0.466 e. The van der Waals surface area contributed by atoms with Gasteiger partial charge in [0.15, 0.2) is 0 Å². The average molecular weight is 449 g/mol. The molecule has 0 spiro atoms. The summed E-state index contributed by atoms with van der Waals surface area (Å²) in [4.78, 5) is 35.5. The number of hydrogen-bond acceptors (Lipinski definition) is 4. The first kappa shape index (κ1) is 25.9. The van der Waals surface area contributed by atoms with Gasteiger partial charge in [0.05, 0.1) is 6.61 Å². The smallest absolute Gasteiger partial charge is 0.306 e. The maximum Gasteiger partial charge on any atom is 0.306 e. The monoisotopic (exact) mass is 448 g/mol. The third kappa shape index (κ3) is 10.1. The highest BCUT2D eigenvalue weighted by Gasteiger charge is 2.35. The first-order valence-corrected chi connectivity index (χ1v) is 11.3. The lowest BCUT2D eigenvalue weighted by Gasteiger charge is -2.24. The van der Waals surface area contributed by atoms with Gasteiger partial charge in [-0.2, -0.15) is 0 Å². The van der Waals surface area contributed by atoms with Gasteiger partial charge >= 0.3 is 5.97 Å². The SMILES string of the molecule is CCC[C@@H](CBr)CC(=O)OCC.CCC[C@@H]1CC(=O)N([C@@H](CC)C(N)=O)C1. The van der Waals surface area contributed by atoms with E-state index >= 15 is 0 Å². The fourth-order valence-corrected chi connectivity index (χ4v) is 3.94. The number of halogens is 1. The van der Waals surface area contributed by atoms with Crippen molar-refractivity contribution in [2.24, 2.45) is 17.6 Å². The zero-order valence-electron chi connectivity index (χ0n) is 17.3. The zero-order valence-corrected chi connectivity index (χ0v) is 18.9. The minimum atomic E-state index is -0.403. The molecule has 0 unspecified atom stereocenters. The van der Waals surface area contributed by atoms with Crippen molar-refractivity contribution < 1.29 is 19.1 Å². The lowest BCUT2D eigenvalue weighted by atomic mass is 10.0. The van der Waals surface area contributed by atoms with Crippen LogP contribution in [0.3, 0.4) is 0 Å². The second-order valence-corrected chi connectivity index (χ2v) is 7.70. The molecule has 27 heavy (non-hydrogen) atoms. The Balaban J connectivity index is 0.000000516. The van der Waals surface area contributed by atoms with Crippen LogP contribution in [0.15, 0.2) is 0 Å². The van der Waals surface area contributed by atoms with Gasteiger partial charge in [0, 0.05) is 24.7 Å². The Morgan fingerprint density at radius 1 is 1.26 bits per heavy atom. The summed E-state index contributed by atoms with van der Waals surface area (Å²) >= 11 is 3.39. The van der Waals surface area contributed by atoms with Crippen molar-refractivity contribution in [1.82, 2.24) is 4.90 Å². The summed E-state index contributed by atoms with van der Waals surface area (Å²) in [6, 6.07) is -0.403. The van der Waals surface area contributed by atoms with E-state index in [-0.39, 0.29) is 17.8 Å². The number of likely N-dealkylation sites (tertiary alicyclic amines) is 1. The topological polar surface area (TPSA) is 89.7 Å². The lowest BCUT2D eigenvalue weighted by molar-refractivity contribution is -0.144. The van der Waals surface area contributed by atoms with Gasteiger partial charge < -0.3 is 15.4 Å². The van der Waals surface area contributed by atoms with Gasteiger partial charge in [0.2, 0.25) is 11.8 Å². The molecule has 1 saturated heterocycles. The van der Waals surface area contributed by atoms with E-state index in [1.165, 1.54) is 0 Å². The predicted octanol–water partition coefficient (Wildman–Crippen LogP) is 3.65. The molecule has 1 heterocycles. The third-order valence-corrected chi connectivity index (χ3v) is 5.62. The number of nitrogens with zero attached hydrogens (tertiary/aromatic N) is 1. The number of primary amides is 1. The third-order valence-electron chi connectivity index (χ3n) is 4.70. The van der Waals surface area contributed by atoms with Gasteiger partial charge in [-0.05, 0) is 38.0 Å². The average Bonchev–Trinajstić information content (AvgIpc) is 2.96. The van der Waals surface area contributed by atoms with E-state index in [0.717, 1.165) is 31.0 Å². The van der Waals surface area contributed by atoms with Crippen molar-refractivity contribution in [3.63, 3.8) is 0 Å². The van der Waals surface area contributed by atoms with Crippen molar-refractivity contribution in [1.29, 1.82) is 0 Å². The zero-order chi connectivity index (χ0) is 20.8. The predicted molar refractivity (Wildman–Crippen MR) is 111 cm³/mol. The van der Waals surface area contributed by atoms with Crippen LogP contribution in [0, 0.1) is 11.8 Å². The minimum absolute atomic E-state index is 0.0737. The number of nitrogens with two attached hydrogens (primary N) is 1. The molecule has 0 radical (unpaired) electrons. The van der Waals surface area contributed by atoms with Crippen LogP contribution in [-0.4, -0.2) is 47.2 Å². The molecule has 1 fully saturated rings. The Hall–Kier alpha value is -1.11. The van der Waals surface area contributed by atoms with Crippen molar-refractivity contribution in [2.45, 2.75) is 78.7 Å². The van der Waals surface area contributed by atoms with Gasteiger partial charge in [0.25, 0.3) is 0 Å².